The molecule has 1 saturated heterocycles. The van der Waals surface area contributed by atoms with Crippen molar-refractivity contribution >= 4 is 52.1 Å². The molecule has 1 aliphatic heterocycles. The van der Waals surface area contributed by atoms with Crippen LogP contribution in [-0.2, 0) is 22.6 Å². The van der Waals surface area contributed by atoms with Crippen LogP contribution >= 0.6 is 24.0 Å². The first kappa shape index (κ1) is 26.2. The van der Waals surface area contributed by atoms with E-state index in [0.29, 0.717) is 41.4 Å². The third-order valence-corrected chi connectivity index (χ3v) is 6.95. The van der Waals surface area contributed by atoms with Crippen molar-refractivity contribution in [1.29, 1.82) is 5.26 Å². The number of anilines is 1. The minimum atomic E-state index is -1.02. The van der Waals surface area contributed by atoms with Crippen LogP contribution in [-0.4, -0.2) is 43.9 Å². The maximum Gasteiger partial charge on any atom is 0.305 e. The fraction of sp³-hybridized carbons (Fsp3) is 0.320. The van der Waals surface area contributed by atoms with E-state index in [4.69, 9.17) is 17.3 Å². The third-order valence-electron chi connectivity index (χ3n) is 5.57. The molecule has 0 bridgehead atoms. The zero-order valence-electron chi connectivity index (χ0n) is 19.5. The summed E-state index contributed by atoms with van der Waals surface area (Å²) in [4.78, 5) is 38.6. The molecule has 2 heterocycles. The Labute approximate surface area is 213 Å². The molecule has 1 amide bonds. The van der Waals surface area contributed by atoms with Gasteiger partial charge in [0.1, 0.15) is 21.8 Å². The van der Waals surface area contributed by atoms with E-state index < -0.39 is 5.97 Å². The Hall–Kier alpha value is -3.42. The Bertz CT molecular complexity index is 1280. The van der Waals surface area contributed by atoms with Crippen molar-refractivity contribution in [3.05, 3.63) is 67.8 Å². The summed E-state index contributed by atoms with van der Waals surface area (Å²) in [5.74, 6) is -0.864. The third kappa shape index (κ3) is 5.99. The molecule has 182 valence electrons. The first-order valence-electron chi connectivity index (χ1n) is 11.2. The maximum atomic E-state index is 13.1. The van der Waals surface area contributed by atoms with Gasteiger partial charge >= 0.3 is 5.97 Å². The van der Waals surface area contributed by atoms with Crippen LogP contribution in [0.15, 0.2) is 40.0 Å². The van der Waals surface area contributed by atoms with Crippen LogP contribution in [0.4, 0.5) is 5.82 Å². The van der Waals surface area contributed by atoms with Gasteiger partial charge in [-0.1, -0.05) is 61.2 Å². The summed E-state index contributed by atoms with van der Waals surface area (Å²) >= 11 is 6.38. The molecule has 1 aromatic heterocycles. The zero-order chi connectivity index (χ0) is 25.5. The van der Waals surface area contributed by atoms with Crippen molar-refractivity contribution in [3.8, 4) is 6.07 Å². The Kier molecular flexibility index (Phi) is 8.84. The van der Waals surface area contributed by atoms with Crippen LogP contribution in [0, 0.1) is 18.3 Å². The van der Waals surface area contributed by atoms with E-state index in [2.05, 4.69) is 5.32 Å². The summed E-state index contributed by atoms with van der Waals surface area (Å²) in [5, 5.41) is 22.0. The van der Waals surface area contributed by atoms with Crippen LogP contribution in [0.2, 0.25) is 0 Å². The molecule has 2 aromatic rings. The van der Waals surface area contributed by atoms with Gasteiger partial charge in [-0.05, 0) is 37.0 Å². The fourth-order valence-electron chi connectivity index (χ4n) is 3.79. The highest BCUT2D eigenvalue weighted by atomic mass is 32.2. The summed E-state index contributed by atoms with van der Waals surface area (Å²) in [6.45, 7) is 4.56. The second-order valence-corrected chi connectivity index (χ2v) is 9.65. The molecule has 1 fully saturated rings. The number of thiocarbonyl (C=S) groups is 1. The normalized spacial score (nSPS) is 14.4. The minimum absolute atomic E-state index is 0.0166. The number of hydrogen-bond donors (Lipinski definition) is 2. The summed E-state index contributed by atoms with van der Waals surface area (Å²) < 4.78 is 1.83. The van der Waals surface area contributed by atoms with E-state index in [-0.39, 0.29) is 34.3 Å². The highest BCUT2D eigenvalue weighted by Gasteiger charge is 2.33. The number of aromatic nitrogens is 1. The Morgan fingerprint density at radius 3 is 2.60 bits per heavy atom. The average molecular weight is 511 g/mol. The summed E-state index contributed by atoms with van der Waals surface area (Å²) in [6, 6.07) is 11.9. The van der Waals surface area contributed by atoms with Crippen molar-refractivity contribution in [2.75, 3.05) is 18.4 Å². The van der Waals surface area contributed by atoms with Crippen molar-refractivity contribution in [1.82, 2.24) is 9.47 Å². The SMILES string of the molecule is CCCn1c(NCCc2ccccc2)c(/C=C2/SC(=S)N(CCC(=O)O)C2=O)c(C)c(C#N)c1=O. The number of nitriles is 1. The van der Waals surface area contributed by atoms with Gasteiger partial charge in [0.2, 0.25) is 0 Å². The Balaban J connectivity index is 2.04. The molecule has 0 spiro atoms. The molecule has 0 saturated carbocycles. The first-order chi connectivity index (χ1) is 16.8. The lowest BCUT2D eigenvalue weighted by Gasteiger charge is -2.20. The quantitative estimate of drug-likeness (QED) is 0.367. The second-order valence-electron chi connectivity index (χ2n) is 7.97. The van der Waals surface area contributed by atoms with Gasteiger partial charge in [-0.15, -0.1) is 0 Å². The molecule has 1 aliphatic rings. The van der Waals surface area contributed by atoms with E-state index in [1.54, 1.807) is 17.6 Å². The molecule has 1 aromatic carbocycles. The van der Waals surface area contributed by atoms with Gasteiger partial charge in [0.25, 0.3) is 11.5 Å². The molecule has 0 aliphatic carbocycles. The van der Waals surface area contributed by atoms with E-state index in [1.165, 1.54) is 4.90 Å². The van der Waals surface area contributed by atoms with E-state index in [0.717, 1.165) is 23.7 Å². The van der Waals surface area contributed by atoms with Crippen LogP contribution < -0.4 is 10.9 Å². The Morgan fingerprint density at radius 1 is 1.26 bits per heavy atom. The molecule has 3 rings (SSSR count). The zero-order valence-corrected chi connectivity index (χ0v) is 21.2. The molecule has 35 heavy (non-hydrogen) atoms. The van der Waals surface area contributed by atoms with Crippen molar-refractivity contribution < 1.29 is 14.7 Å². The number of nitrogens with one attached hydrogen (secondary N) is 1. The predicted octanol–water partition coefficient (Wildman–Crippen LogP) is 3.77. The lowest BCUT2D eigenvalue weighted by Crippen LogP contribution is -2.30. The molecule has 0 atom stereocenters. The largest absolute Gasteiger partial charge is 0.481 e. The molecule has 2 N–H and O–H groups in total. The molecular formula is C25H26N4O4S2. The number of rotatable bonds is 10. The number of carbonyl (C=O) groups is 2. The number of pyridine rings is 1. The number of hydrogen-bond acceptors (Lipinski definition) is 7. The van der Waals surface area contributed by atoms with Gasteiger partial charge in [-0.25, -0.2) is 0 Å². The number of nitrogens with zero attached hydrogens (tertiary/aromatic N) is 3. The molecule has 0 unspecified atom stereocenters. The number of benzene rings is 1. The fourth-order valence-corrected chi connectivity index (χ4v) is 5.08. The van der Waals surface area contributed by atoms with Crippen LogP contribution in [0.1, 0.15) is 42.0 Å². The van der Waals surface area contributed by atoms with Crippen molar-refractivity contribution in [2.45, 2.75) is 39.7 Å². The number of carboxylic acids is 1. The predicted molar refractivity (Wildman–Crippen MR) is 141 cm³/mol. The van der Waals surface area contributed by atoms with Gasteiger partial charge in [-0.2, -0.15) is 5.26 Å². The highest BCUT2D eigenvalue weighted by Crippen LogP contribution is 2.35. The number of carbonyl (C=O) groups excluding carboxylic acids is 1. The topological polar surface area (TPSA) is 115 Å². The van der Waals surface area contributed by atoms with Crippen LogP contribution in [0.25, 0.3) is 6.08 Å². The first-order valence-corrected chi connectivity index (χ1v) is 12.4. The Morgan fingerprint density at radius 2 is 1.97 bits per heavy atom. The molecule has 10 heteroatoms. The highest BCUT2D eigenvalue weighted by molar-refractivity contribution is 8.26. The van der Waals surface area contributed by atoms with Crippen LogP contribution in [0.3, 0.4) is 0 Å². The maximum absolute atomic E-state index is 13.1. The monoisotopic (exact) mass is 510 g/mol. The number of carboxylic acid groups (broad SMARTS) is 1. The van der Waals surface area contributed by atoms with E-state index in [1.807, 2.05) is 43.3 Å². The average Bonchev–Trinajstić information content (AvgIpc) is 3.10. The van der Waals surface area contributed by atoms with Gasteiger partial charge in [0.05, 0.1) is 11.3 Å². The van der Waals surface area contributed by atoms with E-state index >= 15 is 0 Å². The number of amides is 1. The molecular weight excluding hydrogens is 484 g/mol. The molecule has 8 nitrogen and oxygen atoms in total. The smallest absolute Gasteiger partial charge is 0.305 e. The number of thioether (sulfide) groups is 1. The second kappa shape index (κ2) is 11.8. The summed E-state index contributed by atoms with van der Waals surface area (Å²) in [5.41, 5.74) is 1.83. The van der Waals surface area contributed by atoms with Gasteiger partial charge in [0.15, 0.2) is 0 Å². The minimum Gasteiger partial charge on any atom is -0.481 e. The van der Waals surface area contributed by atoms with Gasteiger partial charge in [0, 0.05) is 25.2 Å². The van der Waals surface area contributed by atoms with Gasteiger partial charge in [-0.3, -0.25) is 23.9 Å². The van der Waals surface area contributed by atoms with E-state index in [9.17, 15) is 19.6 Å². The van der Waals surface area contributed by atoms with Gasteiger partial charge < -0.3 is 10.4 Å². The summed E-state index contributed by atoms with van der Waals surface area (Å²) in [7, 11) is 0. The van der Waals surface area contributed by atoms with Crippen LogP contribution in [0.5, 0.6) is 0 Å². The number of aliphatic carboxylic acids is 1. The lowest BCUT2D eigenvalue weighted by atomic mass is 10.0. The summed E-state index contributed by atoms with van der Waals surface area (Å²) in [6.07, 6.45) is 2.83. The van der Waals surface area contributed by atoms with Crippen molar-refractivity contribution in [3.63, 3.8) is 0 Å². The molecule has 0 radical (unpaired) electrons. The van der Waals surface area contributed by atoms with Crippen molar-refractivity contribution in [2.24, 2.45) is 0 Å². The standard InChI is InChI=1S/C25H26N4O4S2/c1-3-12-28-22(27-11-9-17-7-5-4-6-8-17)18(16(2)19(15-26)23(28)32)14-20-24(33)29(25(34)35-20)13-10-21(30)31/h4-8,14,27H,3,9-13H2,1-2H3,(H,30,31)/b20-14+. The lowest BCUT2D eigenvalue weighted by molar-refractivity contribution is -0.137.